The van der Waals surface area contributed by atoms with Crippen LogP contribution in [-0.4, -0.2) is 23.2 Å². The van der Waals surface area contributed by atoms with Crippen LogP contribution in [0.25, 0.3) is 6.08 Å². The van der Waals surface area contributed by atoms with Crippen molar-refractivity contribution in [1.29, 1.82) is 0 Å². The highest BCUT2D eigenvalue weighted by molar-refractivity contribution is 14.1. The van der Waals surface area contributed by atoms with Crippen molar-refractivity contribution in [2.75, 3.05) is 6.61 Å². The van der Waals surface area contributed by atoms with E-state index >= 15 is 0 Å². The number of hydrogen-bond acceptors (Lipinski definition) is 3. The van der Waals surface area contributed by atoms with Crippen molar-refractivity contribution < 1.29 is 13.3 Å². The SMILES string of the molecule is Cc1oc(CO[Si](c2ccccc2)(c2ccccc2)C(C)(C)C)c(I)c1/C=C/CO[Si](c1ccccc1)(c1ccccc1)C(C)(C)C. The van der Waals surface area contributed by atoms with E-state index in [9.17, 15) is 0 Å². The van der Waals surface area contributed by atoms with Crippen molar-refractivity contribution in [2.24, 2.45) is 0 Å². The molecule has 47 heavy (non-hydrogen) atoms. The lowest BCUT2D eigenvalue weighted by Crippen LogP contribution is -2.66. The predicted octanol–water partition coefficient (Wildman–Crippen LogP) is 8.86. The average Bonchev–Trinajstić information content (AvgIpc) is 3.33. The Hall–Kier alpha value is -3.02. The van der Waals surface area contributed by atoms with Gasteiger partial charge in [0.05, 0.1) is 16.8 Å². The summed E-state index contributed by atoms with van der Waals surface area (Å²) in [7, 11) is -5.31. The molecule has 0 aliphatic carbocycles. The molecule has 4 aromatic carbocycles. The van der Waals surface area contributed by atoms with Crippen molar-refractivity contribution in [3.05, 3.63) is 148 Å². The number of rotatable bonds is 11. The van der Waals surface area contributed by atoms with E-state index in [-0.39, 0.29) is 10.1 Å². The van der Waals surface area contributed by atoms with Gasteiger partial charge in [0.25, 0.3) is 16.6 Å². The van der Waals surface area contributed by atoms with Crippen molar-refractivity contribution in [1.82, 2.24) is 0 Å². The van der Waals surface area contributed by atoms with Gasteiger partial charge in [-0.05, 0) is 60.3 Å². The number of benzene rings is 4. The number of halogens is 1. The molecule has 0 fully saturated rings. The minimum absolute atomic E-state index is 0.0744. The van der Waals surface area contributed by atoms with Crippen LogP contribution in [0.3, 0.4) is 0 Å². The third-order valence-electron chi connectivity index (χ3n) is 9.07. The summed E-state index contributed by atoms with van der Waals surface area (Å²) in [5, 5.41) is 4.90. The Kier molecular flexibility index (Phi) is 11.0. The van der Waals surface area contributed by atoms with Crippen LogP contribution in [0.1, 0.15) is 58.6 Å². The van der Waals surface area contributed by atoms with Gasteiger partial charge in [-0.3, -0.25) is 0 Å². The van der Waals surface area contributed by atoms with E-state index in [1.807, 2.05) is 6.92 Å². The third-order valence-corrected chi connectivity index (χ3v) is 20.2. The van der Waals surface area contributed by atoms with Gasteiger partial charge in [-0.15, -0.1) is 0 Å². The van der Waals surface area contributed by atoms with Crippen LogP contribution >= 0.6 is 22.6 Å². The zero-order chi connectivity index (χ0) is 33.7. The minimum atomic E-state index is -2.69. The van der Waals surface area contributed by atoms with Gasteiger partial charge in [-0.1, -0.05) is 175 Å². The topological polar surface area (TPSA) is 31.6 Å². The second-order valence-electron chi connectivity index (χ2n) is 14.1. The summed E-state index contributed by atoms with van der Waals surface area (Å²) in [6.07, 6.45) is 4.30. The van der Waals surface area contributed by atoms with Crippen LogP contribution in [-0.2, 0) is 15.5 Å². The van der Waals surface area contributed by atoms with Gasteiger partial charge in [-0.2, -0.15) is 0 Å². The maximum atomic E-state index is 7.20. The van der Waals surface area contributed by atoms with E-state index < -0.39 is 16.6 Å². The second kappa shape index (κ2) is 14.6. The number of hydrogen-bond donors (Lipinski definition) is 0. The van der Waals surface area contributed by atoms with Crippen LogP contribution in [0.2, 0.25) is 10.1 Å². The van der Waals surface area contributed by atoms with Gasteiger partial charge < -0.3 is 13.3 Å². The summed E-state index contributed by atoms with van der Waals surface area (Å²) in [5.41, 5.74) is 1.08. The number of furan rings is 1. The van der Waals surface area contributed by atoms with Gasteiger partial charge >= 0.3 is 0 Å². The lowest BCUT2D eigenvalue weighted by atomic mass is 10.2. The molecule has 0 atom stereocenters. The number of aryl methyl sites for hydroxylation is 1. The molecule has 0 radical (unpaired) electrons. The van der Waals surface area contributed by atoms with Crippen LogP contribution in [0.5, 0.6) is 0 Å². The summed E-state index contributed by atoms with van der Waals surface area (Å²) in [4.78, 5) is 0. The fourth-order valence-electron chi connectivity index (χ4n) is 6.91. The molecule has 0 N–H and O–H groups in total. The molecule has 0 saturated carbocycles. The molecule has 0 unspecified atom stereocenters. The summed E-state index contributed by atoms with van der Waals surface area (Å²) >= 11 is 2.42. The quantitative estimate of drug-likeness (QED) is 0.0995. The Bertz CT molecular complexity index is 1680. The maximum Gasteiger partial charge on any atom is 0.261 e. The fourth-order valence-corrected chi connectivity index (χ4v) is 16.7. The van der Waals surface area contributed by atoms with Gasteiger partial charge in [-0.25, -0.2) is 0 Å². The van der Waals surface area contributed by atoms with Crippen LogP contribution in [0.4, 0.5) is 0 Å². The minimum Gasteiger partial charge on any atom is -0.462 e. The van der Waals surface area contributed by atoms with Crippen LogP contribution < -0.4 is 20.7 Å². The molecule has 0 amide bonds. The van der Waals surface area contributed by atoms with E-state index in [0.717, 1.165) is 20.7 Å². The molecule has 244 valence electrons. The molecule has 0 spiro atoms. The maximum absolute atomic E-state index is 7.20. The van der Waals surface area contributed by atoms with Crippen molar-refractivity contribution in [3.63, 3.8) is 0 Å². The molecule has 0 saturated heterocycles. The first kappa shape index (κ1) is 35.3. The summed E-state index contributed by atoms with van der Waals surface area (Å²) in [5.74, 6) is 1.75. The Labute approximate surface area is 297 Å². The molecule has 1 heterocycles. The van der Waals surface area contributed by atoms with E-state index in [1.165, 1.54) is 20.7 Å². The lowest BCUT2D eigenvalue weighted by Gasteiger charge is -2.42. The predicted molar refractivity (Wildman–Crippen MR) is 211 cm³/mol. The molecular weight excluding hydrogens is 724 g/mol. The third kappa shape index (κ3) is 7.08. The first-order chi connectivity index (χ1) is 22.4. The first-order valence-electron chi connectivity index (χ1n) is 16.4. The lowest BCUT2D eigenvalue weighted by molar-refractivity contribution is 0.251. The van der Waals surface area contributed by atoms with Crippen molar-refractivity contribution >= 4 is 66.0 Å². The van der Waals surface area contributed by atoms with Crippen LogP contribution in [0.15, 0.2) is 132 Å². The Morgan fingerprint density at radius 1 is 0.596 bits per heavy atom. The molecule has 6 heteroatoms. The zero-order valence-corrected chi connectivity index (χ0v) is 32.9. The molecule has 0 aliphatic heterocycles. The van der Waals surface area contributed by atoms with Crippen molar-refractivity contribution in [2.45, 2.75) is 65.1 Å². The van der Waals surface area contributed by atoms with Gasteiger partial charge in [0.2, 0.25) is 0 Å². The molecule has 1 aromatic heterocycles. The van der Waals surface area contributed by atoms with Crippen LogP contribution in [0, 0.1) is 10.5 Å². The molecular formula is C41H47IO3Si2. The summed E-state index contributed by atoms with van der Waals surface area (Å²) < 4.78 is 21.8. The highest BCUT2D eigenvalue weighted by Crippen LogP contribution is 2.39. The summed E-state index contributed by atoms with van der Waals surface area (Å²) in [6, 6.07) is 43.1. The first-order valence-corrected chi connectivity index (χ1v) is 21.3. The fraction of sp³-hybridized carbons (Fsp3) is 0.268. The molecule has 0 aliphatic rings. The average molecular weight is 771 g/mol. The molecule has 3 nitrogen and oxygen atoms in total. The standard InChI is InChI=1S/C41H47IO3Si2/c1-32-37(29-20-30-43-46(40(2,3)4,33-21-12-8-13-22-33)34-23-14-9-15-24-34)39(42)38(45-32)31-44-47(41(5,6)7,35-25-16-10-17-26-35)36-27-18-11-19-28-36/h8-29H,30-31H2,1-7H3/b29-20+. The van der Waals surface area contributed by atoms with E-state index in [2.05, 4.69) is 198 Å². The molecule has 0 bridgehead atoms. The van der Waals surface area contributed by atoms with E-state index in [1.54, 1.807) is 0 Å². The van der Waals surface area contributed by atoms with Gasteiger partial charge in [0.1, 0.15) is 11.5 Å². The van der Waals surface area contributed by atoms with E-state index in [4.69, 9.17) is 13.3 Å². The highest BCUT2D eigenvalue weighted by atomic mass is 127. The highest BCUT2D eigenvalue weighted by Gasteiger charge is 2.51. The van der Waals surface area contributed by atoms with Gasteiger partial charge in [0.15, 0.2) is 0 Å². The zero-order valence-electron chi connectivity index (χ0n) is 28.7. The summed E-state index contributed by atoms with van der Waals surface area (Å²) in [6.45, 7) is 16.8. The van der Waals surface area contributed by atoms with Crippen molar-refractivity contribution in [3.8, 4) is 0 Å². The second-order valence-corrected chi connectivity index (χ2v) is 23.8. The Morgan fingerprint density at radius 3 is 1.32 bits per heavy atom. The Morgan fingerprint density at radius 2 is 0.957 bits per heavy atom. The molecule has 5 rings (SSSR count). The largest absolute Gasteiger partial charge is 0.462 e. The van der Waals surface area contributed by atoms with Gasteiger partial charge in [0, 0.05) is 5.56 Å². The smallest absolute Gasteiger partial charge is 0.261 e. The molecule has 5 aromatic rings. The van der Waals surface area contributed by atoms with E-state index in [0.29, 0.717) is 13.2 Å². The normalized spacial score (nSPS) is 12.9. The Balaban J connectivity index is 1.43. The monoisotopic (exact) mass is 770 g/mol.